The highest BCUT2D eigenvalue weighted by molar-refractivity contribution is 6.33. The van der Waals surface area contributed by atoms with E-state index in [0.717, 1.165) is 68.1 Å². The van der Waals surface area contributed by atoms with Crippen LogP contribution in [0.3, 0.4) is 0 Å². The third kappa shape index (κ3) is 3.51. The molecule has 2 aromatic rings. The van der Waals surface area contributed by atoms with E-state index in [0.29, 0.717) is 10.8 Å². The molecular formula is C20H23ClFN3O. The number of anilines is 1. The van der Waals surface area contributed by atoms with Gasteiger partial charge in [-0.1, -0.05) is 17.7 Å². The first kappa shape index (κ1) is 17.6. The minimum atomic E-state index is -0.285. The number of ether oxygens (including phenoxy) is 1. The van der Waals surface area contributed by atoms with E-state index in [9.17, 15) is 4.39 Å². The molecule has 26 heavy (non-hydrogen) atoms. The highest BCUT2D eigenvalue weighted by Crippen LogP contribution is 2.37. The fourth-order valence-electron chi connectivity index (χ4n) is 3.69. The van der Waals surface area contributed by atoms with Crippen LogP contribution < -0.4 is 15.0 Å². The van der Waals surface area contributed by atoms with Crippen molar-refractivity contribution in [2.24, 2.45) is 0 Å². The SMILES string of the molecule is Cc1ccc(F)cc1OC1CCCc2cc(Cl)c(N3CCNCC3)nc21. The van der Waals surface area contributed by atoms with Crippen LogP contribution in [0, 0.1) is 12.7 Å². The molecule has 0 saturated carbocycles. The predicted molar refractivity (Wildman–Crippen MR) is 102 cm³/mol. The van der Waals surface area contributed by atoms with E-state index in [1.54, 1.807) is 6.07 Å². The first-order valence-corrected chi connectivity index (χ1v) is 9.57. The summed E-state index contributed by atoms with van der Waals surface area (Å²) in [7, 11) is 0. The Morgan fingerprint density at radius 3 is 2.88 bits per heavy atom. The van der Waals surface area contributed by atoms with Gasteiger partial charge in [-0.2, -0.15) is 0 Å². The predicted octanol–water partition coefficient (Wildman–Crippen LogP) is 4.05. The highest BCUT2D eigenvalue weighted by Gasteiger charge is 2.27. The van der Waals surface area contributed by atoms with Gasteiger partial charge in [-0.3, -0.25) is 0 Å². The average molecular weight is 376 g/mol. The number of benzene rings is 1. The molecule has 1 aliphatic carbocycles. The van der Waals surface area contributed by atoms with Crippen molar-refractivity contribution in [2.75, 3.05) is 31.1 Å². The second kappa shape index (κ2) is 7.41. The molecule has 0 radical (unpaired) electrons. The van der Waals surface area contributed by atoms with Crippen molar-refractivity contribution in [2.45, 2.75) is 32.3 Å². The molecule has 2 aliphatic rings. The molecule has 2 heterocycles. The second-order valence-corrected chi connectivity index (χ2v) is 7.39. The van der Waals surface area contributed by atoms with Crippen LogP contribution in [-0.4, -0.2) is 31.2 Å². The summed E-state index contributed by atoms with van der Waals surface area (Å²) in [4.78, 5) is 7.13. The zero-order valence-electron chi connectivity index (χ0n) is 14.9. The van der Waals surface area contributed by atoms with Gasteiger partial charge in [0, 0.05) is 32.2 Å². The van der Waals surface area contributed by atoms with Crippen LogP contribution in [0.25, 0.3) is 0 Å². The first-order valence-electron chi connectivity index (χ1n) is 9.19. The van der Waals surface area contributed by atoms with E-state index in [-0.39, 0.29) is 11.9 Å². The summed E-state index contributed by atoms with van der Waals surface area (Å²) in [6.07, 6.45) is 2.67. The van der Waals surface area contributed by atoms with E-state index in [4.69, 9.17) is 21.3 Å². The van der Waals surface area contributed by atoms with Crippen molar-refractivity contribution in [1.29, 1.82) is 0 Å². The number of hydrogen-bond donors (Lipinski definition) is 1. The second-order valence-electron chi connectivity index (χ2n) is 6.98. The van der Waals surface area contributed by atoms with Gasteiger partial charge in [-0.25, -0.2) is 9.37 Å². The van der Waals surface area contributed by atoms with Crippen LogP contribution >= 0.6 is 11.6 Å². The minimum absolute atomic E-state index is 0.168. The molecule has 4 rings (SSSR count). The van der Waals surface area contributed by atoms with Crippen molar-refractivity contribution in [1.82, 2.24) is 10.3 Å². The van der Waals surface area contributed by atoms with E-state index in [1.165, 1.54) is 12.1 Å². The molecule has 0 amide bonds. The Labute approximate surface area is 158 Å². The highest BCUT2D eigenvalue weighted by atomic mass is 35.5. The van der Waals surface area contributed by atoms with Gasteiger partial charge >= 0.3 is 0 Å². The first-order chi connectivity index (χ1) is 12.6. The van der Waals surface area contributed by atoms with E-state index in [2.05, 4.69) is 10.2 Å². The van der Waals surface area contributed by atoms with Crippen LogP contribution in [-0.2, 0) is 6.42 Å². The summed E-state index contributed by atoms with van der Waals surface area (Å²) in [6, 6.07) is 6.69. The maximum absolute atomic E-state index is 13.6. The smallest absolute Gasteiger partial charge is 0.147 e. The monoisotopic (exact) mass is 375 g/mol. The summed E-state index contributed by atoms with van der Waals surface area (Å²) in [5, 5.41) is 4.05. The van der Waals surface area contributed by atoms with Gasteiger partial charge in [0.1, 0.15) is 23.5 Å². The molecule has 1 aromatic heterocycles. The Kier molecular flexibility index (Phi) is 5.00. The number of piperazine rings is 1. The Balaban J connectivity index is 1.67. The number of fused-ring (bicyclic) bond motifs is 1. The third-order valence-corrected chi connectivity index (χ3v) is 5.40. The van der Waals surface area contributed by atoms with E-state index >= 15 is 0 Å². The molecule has 1 aromatic carbocycles. The Morgan fingerprint density at radius 2 is 2.08 bits per heavy atom. The quantitative estimate of drug-likeness (QED) is 0.878. The maximum atomic E-state index is 13.6. The van der Waals surface area contributed by atoms with Crippen molar-refractivity contribution in [3.8, 4) is 5.75 Å². The van der Waals surface area contributed by atoms with E-state index < -0.39 is 0 Å². The molecular weight excluding hydrogens is 353 g/mol. The van der Waals surface area contributed by atoms with Crippen LogP contribution in [0.4, 0.5) is 10.2 Å². The van der Waals surface area contributed by atoms with Gasteiger partial charge < -0.3 is 15.0 Å². The largest absolute Gasteiger partial charge is 0.484 e. The molecule has 138 valence electrons. The van der Waals surface area contributed by atoms with Crippen molar-refractivity contribution >= 4 is 17.4 Å². The number of nitrogens with zero attached hydrogens (tertiary/aromatic N) is 2. The molecule has 0 spiro atoms. The van der Waals surface area contributed by atoms with Gasteiger partial charge in [0.15, 0.2) is 0 Å². The lowest BCUT2D eigenvalue weighted by Gasteiger charge is -2.32. The zero-order valence-corrected chi connectivity index (χ0v) is 15.7. The standard InChI is InChI=1S/C20H23ClFN3O/c1-13-5-6-15(22)12-18(13)26-17-4-2-3-14-11-16(21)20(24-19(14)17)25-9-7-23-8-10-25/h5-6,11-12,17,23H,2-4,7-10H2,1H3. The number of aromatic nitrogens is 1. The fraction of sp³-hybridized carbons (Fsp3) is 0.450. The Hall–Kier alpha value is -1.85. The summed E-state index contributed by atoms with van der Waals surface area (Å²) >= 11 is 6.53. The van der Waals surface area contributed by atoms with Gasteiger partial charge in [0.2, 0.25) is 0 Å². The lowest BCUT2D eigenvalue weighted by Crippen LogP contribution is -2.44. The summed E-state index contributed by atoms with van der Waals surface area (Å²) in [5.41, 5.74) is 3.01. The molecule has 1 unspecified atom stereocenters. The summed E-state index contributed by atoms with van der Waals surface area (Å²) in [6.45, 7) is 5.56. The lowest BCUT2D eigenvalue weighted by molar-refractivity contribution is 0.176. The molecule has 1 N–H and O–H groups in total. The van der Waals surface area contributed by atoms with Crippen LogP contribution in [0.2, 0.25) is 5.02 Å². The molecule has 4 nitrogen and oxygen atoms in total. The van der Waals surface area contributed by atoms with Gasteiger partial charge in [-0.05, 0) is 49.4 Å². The number of halogens is 2. The van der Waals surface area contributed by atoms with Crippen LogP contribution in [0.5, 0.6) is 5.75 Å². The van der Waals surface area contributed by atoms with Crippen molar-refractivity contribution in [3.05, 3.63) is 51.9 Å². The Morgan fingerprint density at radius 1 is 1.27 bits per heavy atom. The molecule has 1 atom stereocenters. The molecule has 0 bridgehead atoms. The topological polar surface area (TPSA) is 37.4 Å². The Bertz CT molecular complexity index is 808. The van der Waals surface area contributed by atoms with Gasteiger partial charge in [0.25, 0.3) is 0 Å². The summed E-state index contributed by atoms with van der Waals surface area (Å²) in [5.74, 6) is 1.13. The summed E-state index contributed by atoms with van der Waals surface area (Å²) < 4.78 is 19.8. The maximum Gasteiger partial charge on any atom is 0.147 e. The number of hydrogen-bond acceptors (Lipinski definition) is 4. The number of pyridine rings is 1. The van der Waals surface area contributed by atoms with Crippen molar-refractivity contribution < 1.29 is 9.13 Å². The van der Waals surface area contributed by atoms with Crippen LogP contribution in [0.1, 0.15) is 35.8 Å². The number of nitrogens with one attached hydrogen (secondary N) is 1. The number of aryl methyl sites for hydroxylation is 2. The molecule has 1 fully saturated rings. The average Bonchev–Trinajstić information content (AvgIpc) is 2.65. The third-order valence-electron chi connectivity index (χ3n) is 5.12. The van der Waals surface area contributed by atoms with Gasteiger partial charge in [-0.15, -0.1) is 0 Å². The van der Waals surface area contributed by atoms with E-state index in [1.807, 2.05) is 13.0 Å². The molecule has 1 saturated heterocycles. The fourth-order valence-corrected chi connectivity index (χ4v) is 3.99. The molecule has 1 aliphatic heterocycles. The lowest BCUT2D eigenvalue weighted by atomic mass is 9.93. The number of rotatable bonds is 3. The van der Waals surface area contributed by atoms with Crippen LogP contribution in [0.15, 0.2) is 24.3 Å². The van der Waals surface area contributed by atoms with Gasteiger partial charge in [0.05, 0.1) is 10.7 Å². The normalized spacial score (nSPS) is 20.0. The molecule has 6 heteroatoms. The minimum Gasteiger partial charge on any atom is -0.484 e. The zero-order chi connectivity index (χ0) is 18.1. The van der Waals surface area contributed by atoms with Crippen molar-refractivity contribution in [3.63, 3.8) is 0 Å².